The fourth-order valence-electron chi connectivity index (χ4n) is 5.03. The molecule has 0 spiro atoms. The molecule has 4 aromatic rings. The molecule has 1 aliphatic rings. The molecule has 0 radical (unpaired) electrons. The highest BCUT2D eigenvalue weighted by molar-refractivity contribution is 5.99. The Morgan fingerprint density at radius 1 is 1.06 bits per heavy atom. The van der Waals surface area contributed by atoms with Crippen LogP contribution in [-0.2, 0) is 0 Å². The first-order valence-electron chi connectivity index (χ1n) is 11.9. The topological polar surface area (TPSA) is 59.8 Å². The molecular weight excluding hydrogens is 427 g/mol. The highest BCUT2D eigenvalue weighted by Crippen LogP contribution is 2.33. The SMILES string of the molecule is Cc1cc(C(=O)N[C@@H]2CCC[C@H](C)[C@H]2C)nc2c1c(-c1ccccc1)nn2-c1cccc(F)c1. The summed E-state index contributed by atoms with van der Waals surface area (Å²) in [5.74, 6) is 0.474. The molecule has 0 aliphatic heterocycles. The van der Waals surface area contributed by atoms with Gasteiger partial charge in [-0.2, -0.15) is 5.10 Å². The molecule has 0 saturated heterocycles. The largest absolute Gasteiger partial charge is 0.348 e. The number of rotatable bonds is 4. The molecule has 1 fully saturated rings. The lowest BCUT2D eigenvalue weighted by Crippen LogP contribution is -2.44. The Bertz CT molecular complexity index is 1350. The summed E-state index contributed by atoms with van der Waals surface area (Å²) in [6, 6.07) is 18.1. The van der Waals surface area contributed by atoms with Gasteiger partial charge in [0.2, 0.25) is 0 Å². The molecule has 1 N–H and O–H groups in total. The second-order valence-electron chi connectivity index (χ2n) is 9.48. The summed E-state index contributed by atoms with van der Waals surface area (Å²) < 4.78 is 15.7. The lowest BCUT2D eigenvalue weighted by atomic mass is 9.78. The second-order valence-corrected chi connectivity index (χ2v) is 9.48. The van der Waals surface area contributed by atoms with Gasteiger partial charge in [-0.15, -0.1) is 0 Å². The van der Waals surface area contributed by atoms with Crippen molar-refractivity contribution in [2.24, 2.45) is 11.8 Å². The van der Waals surface area contributed by atoms with Crippen LogP contribution in [0.15, 0.2) is 60.7 Å². The molecule has 6 heteroatoms. The van der Waals surface area contributed by atoms with E-state index in [-0.39, 0.29) is 17.8 Å². The monoisotopic (exact) mass is 456 g/mol. The van der Waals surface area contributed by atoms with Gasteiger partial charge in [0, 0.05) is 11.6 Å². The van der Waals surface area contributed by atoms with Gasteiger partial charge in [-0.1, -0.05) is 63.1 Å². The van der Waals surface area contributed by atoms with Crippen LogP contribution in [0.2, 0.25) is 0 Å². The Balaban J connectivity index is 1.62. The van der Waals surface area contributed by atoms with Crippen molar-refractivity contribution in [1.29, 1.82) is 0 Å². The van der Waals surface area contributed by atoms with Gasteiger partial charge in [-0.3, -0.25) is 4.79 Å². The van der Waals surface area contributed by atoms with Crippen LogP contribution in [0.3, 0.4) is 0 Å². The molecule has 5 rings (SSSR count). The van der Waals surface area contributed by atoms with Crippen molar-refractivity contribution in [2.75, 3.05) is 0 Å². The zero-order valence-electron chi connectivity index (χ0n) is 19.8. The summed E-state index contributed by atoms with van der Waals surface area (Å²) in [4.78, 5) is 18.0. The number of amides is 1. The number of carbonyl (C=O) groups is 1. The fourth-order valence-corrected chi connectivity index (χ4v) is 5.03. The molecule has 3 atom stereocenters. The second kappa shape index (κ2) is 9.01. The van der Waals surface area contributed by atoms with E-state index in [0.717, 1.165) is 35.0 Å². The van der Waals surface area contributed by atoms with Crippen molar-refractivity contribution in [2.45, 2.75) is 46.1 Å². The number of benzene rings is 2. The number of halogens is 1. The smallest absolute Gasteiger partial charge is 0.270 e. The van der Waals surface area contributed by atoms with Crippen LogP contribution in [0.4, 0.5) is 4.39 Å². The molecule has 2 aromatic carbocycles. The van der Waals surface area contributed by atoms with E-state index in [1.807, 2.05) is 43.3 Å². The number of hydrogen-bond acceptors (Lipinski definition) is 3. The van der Waals surface area contributed by atoms with Crippen LogP contribution in [0.5, 0.6) is 0 Å². The molecule has 0 unspecified atom stereocenters. The van der Waals surface area contributed by atoms with Crippen LogP contribution in [0, 0.1) is 24.6 Å². The van der Waals surface area contributed by atoms with Crippen LogP contribution < -0.4 is 5.32 Å². The number of nitrogens with zero attached hydrogens (tertiary/aromatic N) is 3. The van der Waals surface area contributed by atoms with Gasteiger partial charge in [0.25, 0.3) is 5.91 Å². The predicted octanol–water partition coefficient (Wildman–Crippen LogP) is 6.09. The van der Waals surface area contributed by atoms with Crippen molar-refractivity contribution in [3.05, 3.63) is 77.7 Å². The maximum absolute atomic E-state index is 14.1. The van der Waals surface area contributed by atoms with E-state index in [4.69, 9.17) is 10.1 Å². The maximum atomic E-state index is 14.1. The van der Waals surface area contributed by atoms with E-state index >= 15 is 0 Å². The van der Waals surface area contributed by atoms with Crippen molar-refractivity contribution in [1.82, 2.24) is 20.1 Å². The zero-order chi connectivity index (χ0) is 23.8. The van der Waals surface area contributed by atoms with Gasteiger partial charge >= 0.3 is 0 Å². The van der Waals surface area contributed by atoms with Crippen LogP contribution in [-0.4, -0.2) is 26.7 Å². The first-order chi connectivity index (χ1) is 16.4. The van der Waals surface area contributed by atoms with Crippen LogP contribution >= 0.6 is 0 Å². The van der Waals surface area contributed by atoms with E-state index in [0.29, 0.717) is 28.9 Å². The summed E-state index contributed by atoms with van der Waals surface area (Å²) >= 11 is 0. The maximum Gasteiger partial charge on any atom is 0.270 e. The zero-order valence-corrected chi connectivity index (χ0v) is 19.8. The molecule has 174 valence electrons. The van der Waals surface area contributed by atoms with Gasteiger partial charge in [0.15, 0.2) is 5.65 Å². The first-order valence-corrected chi connectivity index (χ1v) is 11.9. The van der Waals surface area contributed by atoms with Gasteiger partial charge in [0.1, 0.15) is 17.2 Å². The Hall–Kier alpha value is -3.54. The quantitative estimate of drug-likeness (QED) is 0.404. The Morgan fingerprint density at radius 3 is 2.62 bits per heavy atom. The third-order valence-corrected chi connectivity index (χ3v) is 7.19. The van der Waals surface area contributed by atoms with E-state index in [1.54, 1.807) is 16.8 Å². The summed E-state index contributed by atoms with van der Waals surface area (Å²) in [5, 5.41) is 8.90. The van der Waals surface area contributed by atoms with Crippen LogP contribution in [0.1, 0.15) is 49.2 Å². The van der Waals surface area contributed by atoms with Crippen LogP contribution in [0.25, 0.3) is 28.0 Å². The molecular formula is C28H29FN4O. The highest BCUT2D eigenvalue weighted by atomic mass is 19.1. The normalized spacial score (nSPS) is 20.4. The fraction of sp³-hybridized carbons (Fsp3) is 0.321. The molecule has 0 bridgehead atoms. The molecule has 5 nitrogen and oxygen atoms in total. The summed E-state index contributed by atoms with van der Waals surface area (Å²) in [5.41, 5.74) is 4.06. The predicted molar refractivity (Wildman–Crippen MR) is 132 cm³/mol. The lowest BCUT2D eigenvalue weighted by Gasteiger charge is -2.34. The summed E-state index contributed by atoms with van der Waals surface area (Å²) in [6.45, 7) is 6.43. The molecule has 1 aliphatic carbocycles. The van der Waals surface area contributed by atoms with E-state index in [2.05, 4.69) is 19.2 Å². The van der Waals surface area contributed by atoms with Gasteiger partial charge in [-0.25, -0.2) is 14.1 Å². The van der Waals surface area contributed by atoms with Gasteiger partial charge in [-0.05, 0) is 55.0 Å². The third kappa shape index (κ3) is 4.09. The third-order valence-electron chi connectivity index (χ3n) is 7.19. The standard InChI is InChI=1S/C28H29FN4O/c1-17-9-7-14-23(19(17)3)31-28(34)24-15-18(2)25-26(20-10-5-4-6-11-20)32-33(27(25)30-24)22-13-8-12-21(29)16-22/h4-6,8,10-13,15-17,19,23H,7,9,14H2,1-3H3,(H,31,34)/t17-,19+,23+/m0/s1. The van der Waals surface area contributed by atoms with E-state index < -0.39 is 0 Å². The average molecular weight is 457 g/mol. The minimum Gasteiger partial charge on any atom is -0.348 e. The highest BCUT2D eigenvalue weighted by Gasteiger charge is 2.29. The van der Waals surface area contributed by atoms with E-state index in [1.165, 1.54) is 18.6 Å². The molecule has 2 heterocycles. The minimum atomic E-state index is -0.353. The first kappa shape index (κ1) is 22.3. The number of nitrogens with one attached hydrogen (secondary N) is 1. The number of fused-ring (bicyclic) bond motifs is 1. The molecule has 1 saturated carbocycles. The Morgan fingerprint density at radius 2 is 1.85 bits per heavy atom. The summed E-state index contributed by atoms with van der Waals surface area (Å²) in [7, 11) is 0. The number of pyridine rings is 1. The summed E-state index contributed by atoms with van der Waals surface area (Å²) in [6.07, 6.45) is 3.30. The number of carbonyl (C=O) groups excluding carboxylic acids is 1. The average Bonchev–Trinajstić information content (AvgIpc) is 3.23. The Kier molecular flexibility index (Phi) is 5.90. The molecule has 2 aromatic heterocycles. The van der Waals surface area contributed by atoms with Crippen molar-refractivity contribution < 1.29 is 9.18 Å². The van der Waals surface area contributed by atoms with Crippen molar-refractivity contribution >= 4 is 16.9 Å². The minimum absolute atomic E-state index is 0.141. The molecule has 1 amide bonds. The number of aryl methyl sites for hydroxylation is 1. The number of aromatic nitrogens is 3. The lowest BCUT2D eigenvalue weighted by molar-refractivity contribution is 0.0886. The number of hydrogen-bond donors (Lipinski definition) is 1. The Labute approximate surface area is 199 Å². The van der Waals surface area contributed by atoms with E-state index in [9.17, 15) is 9.18 Å². The van der Waals surface area contributed by atoms with Crippen molar-refractivity contribution in [3.8, 4) is 16.9 Å². The van der Waals surface area contributed by atoms with Gasteiger partial charge in [0.05, 0.1) is 11.1 Å². The molecule has 34 heavy (non-hydrogen) atoms. The van der Waals surface area contributed by atoms with Gasteiger partial charge < -0.3 is 5.32 Å². The van der Waals surface area contributed by atoms with Crippen molar-refractivity contribution in [3.63, 3.8) is 0 Å².